The van der Waals surface area contributed by atoms with Gasteiger partial charge in [0.25, 0.3) is 0 Å². The molecule has 1 unspecified atom stereocenters. The van der Waals surface area contributed by atoms with Gasteiger partial charge in [0.2, 0.25) is 0 Å². The average molecular weight is 405 g/mol. The number of ether oxygens (including phenoxy) is 1. The van der Waals surface area contributed by atoms with Crippen molar-refractivity contribution in [3.63, 3.8) is 0 Å². The van der Waals surface area contributed by atoms with Crippen LogP contribution >= 0.6 is 0 Å². The molecule has 0 spiro atoms. The Morgan fingerprint density at radius 3 is 2.27 bits per heavy atom. The van der Waals surface area contributed by atoms with E-state index < -0.39 is 23.8 Å². The van der Waals surface area contributed by atoms with Crippen molar-refractivity contribution in [1.82, 2.24) is 5.32 Å². The van der Waals surface area contributed by atoms with E-state index in [1.165, 1.54) is 18.2 Å². The first kappa shape index (κ1) is 19.8. The molecule has 0 saturated heterocycles. The molecule has 0 aliphatic heterocycles. The van der Waals surface area contributed by atoms with Crippen molar-refractivity contribution in [2.24, 2.45) is 0 Å². The highest BCUT2D eigenvalue weighted by Crippen LogP contribution is 2.44. The van der Waals surface area contributed by atoms with Crippen molar-refractivity contribution >= 4 is 6.09 Å². The summed E-state index contributed by atoms with van der Waals surface area (Å²) in [6, 6.07) is 19.0. The molecule has 0 radical (unpaired) electrons. The zero-order valence-corrected chi connectivity index (χ0v) is 16.3. The fourth-order valence-electron chi connectivity index (χ4n) is 3.91. The summed E-state index contributed by atoms with van der Waals surface area (Å²) < 4.78 is 32.5. The summed E-state index contributed by atoms with van der Waals surface area (Å²) in [7, 11) is 0. The quantitative estimate of drug-likeness (QED) is 0.542. The molecule has 1 atom stereocenters. The fraction of sp³-hybridized carbons (Fsp3) is 0.160. The zero-order valence-electron chi connectivity index (χ0n) is 16.3. The van der Waals surface area contributed by atoms with Crippen molar-refractivity contribution in [3.05, 3.63) is 108 Å². The Kier molecular flexibility index (Phi) is 5.61. The molecule has 1 amide bonds. The maximum absolute atomic E-state index is 13.9. The van der Waals surface area contributed by atoms with Crippen LogP contribution in [0.5, 0.6) is 0 Å². The molecule has 1 aliphatic carbocycles. The number of carbonyl (C=O) groups excluding carboxylic acids is 1. The summed E-state index contributed by atoms with van der Waals surface area (Å²) in [4.78, 5) is 12.4. The third-order valence-corrected chi connectivity index (χ3v) is 5.39. The molecule has 30 heavy (non-hydrogen) atoms. The van der Waals surface area contributed by atoms with Crippen LogP contribution in [0.2, 0.25) is 0 Å². The fourth-order valence-corrected chi connectivity index (χ4v) is 3.91. The van der Waals surface area contributed by atoms with Gasteiger partial charge < -0.3 is 10.1 Å². The number of alkyl carbamates (subject to hydrolysis) is 1. The van der Waals surface area contributed by atoms with Gasteiger partial charge in [0.1, 0.15) is 18.2 Å². The standard InChI is InChI=1S/C25H21F2NO2/c1-2-18(13-16-11-12-17(26)14-24(16)27)28-25(29)30-15-23-21-9-5-3-7-19(21)20-8-4-6-10-22(20)23/h2-12,14,18,23H,1,13,15H2,(H,28,29). The number of hydrogen-bond acceptors (Lipinski definition) is 2. The largest absolute Gasteiger partial charge is 0.449 e. The summed E-state index contributed by atoms with van der Waals surface area (Å²) in [6.45, 7) is 3.88. The van der Waals surface area contributed by atoms with Gasteiger partial charge >= 0.3 is 6.09 Å². The second-order valence-electron chi connectivity index (χ2n) is 7.25. The van der Waals surface area contributed by atoms with Crippen LogP contribution in [0.3, 0.4) is 0 Å². The van der Waals surface area contributed by atoms with Gasteiger partial charge in [-0.3, -0.25) is 0 Å². The third kappa shape index (κ3) is 3.96. The second-order valence-corrected chi connectivity index (χ2v) is 7.25. The van der Waals surface area contributed by atoms with Gasteiger partial charge in [-0.2, -0.15) is 0 Å². The Balaban J connectivity index is 1.41. The zero-order chi connectivity index (χ0) is 21.1. The van der Waals surface area contributed by atoms with Gasteiger partial charge in [-0.1, -0.05) is 60.7 Å². The van der Waals surface area contributed by atoms with E-state index in [1.807, 2.05) is 36.4 Å². The van der Waals surface area contributed by atoms with Crippen LogP contribution in [-0.2, 0) is 11.2 Å². The van der Waals surface area contributed by atoms with Crippen molar-refractivity contribution in [3.8, 4) is 11.1 Å². The van der Waals surface area contributed by atoms with Gasteiger partial charge in [-0.25, -0.2) is 13.6 Å². The van der Waals surface area contributed by atoms with Crippen LogP contribution in [0.15, 0.2) is 79.4 Å². The Morgan fingerprint density at radius 1 is 1.03 bits per heavy atom. The minimum Gasteiger partial charge on any atom is -0.449 e. The van der Waals surface area contributed by atoms with Crippen molar-refractivity contribution in [2.45, 2.75) is 18.4 Å². The molecule has 3 nitrogen and oxygen atoms in total. The topological polar surface area (TPSA) is 38.3 Å². The number of rotatable bonds is 6. The van der Waals surface area contributed by atoms with Crippen LogP contribution in [-0.4, -0.2) is 18.7 Å². The van der Waals surface area contributed by atoms with E-state index in [0.29, 0.717) is 5.56 Å². The van der Waals surface area contributed by atoms with E-state index in [-0.39, 0.29) is 18.9 Å². The van der Waals surface area contributed by atoms with E-state index in [4.69, 9.17) is 4.74 Å². The van der Waals surface area contributed by atoms with E-state index in [9.17, 15) is 13.6 Å². The molecule has 5 heteroatoms. The summed E-state index contributed by atoms with van der Waals surface area (Å²) >= 11 is 0. The Bertz CT molecular complexity index is 1050. The minimum absolute atomic E-state index is 0.0418. The smallest absolute Gasteiger partial charge is 0.407 e. The monoisotopic (exact) mass is 405 g/mol. The number of amides is 1. The Labute approximate surface area is 174 Å². The number of benzene rings is 3. The van der Waals surface area contributed by atoms with E-state index >= 15 is 0 Å². The number of hydrogen-bond donors (Lipinski definition) is 1. The molecule has 0 aromatic heterocycles. The first-order valence-corrected chi connectivity index (χ1v) is 9.75. The van der Waals surface area contributed by atoms with Gasteiger partial charge in [0.05, 0.1) is 6.04 Å². The average Bonchev–Trinajstić information content (AvgIpc) is 3.07. The normalized spacial score (nSPS) is 13.3. The summed E-state index contributed by atoms with van der Waals surface area (Å²) in [5.74, 6) is -1.34. The summed E-state index contributed by atoms with van der Waals surface area (Å²) in [6.07, 6.45) is 1.05. The summed E-state index contributed by atoms with van der Waals surface area (Å²) in [5, 5.41) is 2.69. The highest BCUT2D eigenvalue weighted by atomic mass is 19.1. The molecule has 1 N–H and O–H groups in total. The molecule has 0 heterocycles. The lowest BCUT2D eigenvalue weighted by atomic mass is 9.98. The van der Waals surface area contributed by atoms with Crippen molar-refractivity contribution < 1.29 is 18.3 Å². The molecule has 1 aliphatic rings. The predicted molar refractivity (Wildman–Crippen MR) is 112 cm³/mol. The Morgan fingerprint density at radius 2 is 1.67 bits per heavy atom. The Hall–Kier alpha value is -3.47. The van der Waals surface area contributed by atoms with Crippen LogP contribution < -0.4 is 5.32 Å². The van der Waals surface area contributed by atoms with Crippen molar-refractivity contribution in [1.29, 1.82) is 0 Å². The highest BCUT2D eigenvalue weighted by Gasteiger charge is 2.29. The van der Waals surface area contributed by atoms with E-state index in [1.54, 1.807) is 0 Å². The molecular formula is C25H21F2NO2. The predicted octanol–water partition coefficient (Wildman–Crippen LogP) is 5.60. The van der Waals surface area contributed by atoms with Gasteiger partial charge in [0, 0.05) is 12.0 Å². The van der Waals surface area contributed by atoms with Gasteiger partial charge in [0.15, 0.2) is 0 Å². The van der Waals surface area contributed by atoms with Crippen LogP contribution in [0, 0.1) is 11.6 Å². The first-order chi connectivity index (χ1) is 14.6. The number of nitrogens with one attached hydrogen (secondary N) is 1. The molecule has 0 bridgehead atoms. The molecule has 0 fully saturated rings. The minimum atomic E-state index is -0.656. The lowest BCUT2D eigenvalue weighted by Crippen LogP contribution is -2.36. The molecule has 0 saturated carbocycles. The van der Waals surface area contributed by atoms with E-state index in [0.717, 1.165) is 28.3 Å². The van der Waals surface area contributed by atoms with Gasteiger partial charge in [-0.15, -0.1) is 6.58 Å². The van der Waals surface area contributed by atoms with Crippen molar-refractivity contribution in [2.75, 3.05) is 6.61 Å². The lowest BCUT2D eigenvalue weighted by molar-refractivity contribution is 0.141. The van der Waals surface area contributed by atoms with E-state index in [2.05, 4.69) is 24.0 Å². The summed E-state index contributed by atoms with van der Waals surface area (Å²) in [5.41, 5.74) is 4.84. The van der Waals surface area contributed by atoms with Crippen LogP contribution in [0.25, 0.3) is 11.1 Å². The SMILES string of the molecule is C=CC(Cc1ccc(F)cc1F)NC(=O)OCC1c2ccccc2-c2ccccc21. The van der Waals surface area contributed by atoms with Crippen LogP contribution in [0.4, 0.5) is 13.6 Å². The third-order valence-electron chi connectivity index (χ3n) is 5.39. The molecule has 4 rings (SSSR count). The highest BCUT2D eigenvalue weighted by molar-refractivity contribution is 5.79. The van der Waals surface area contributed by atoms with Gasteiger partial charge in [-0.05, 0) is 40.3 Å². The molecular weight excluding hydrogens is 384 g/mol. The number of halogens is 2. The first-order valence-electron chi connectivity index (χ1n) is 9.75. The lowest BCUT2D eigenvalue weighted by Gasteiger charge is -2.18. The molecule has 3 aromatic carbocycles. The maximum atomic E-state index is 13.9. The maximum Gasteiger partial charge on any atom is 0.407 e. The number of carbonyl (C=O) groups is 1. The van der Waals surface area contributed by atoms with Crippen LogP contribution in [0.1, 0.15) is 22.6 Å². The second kappa shape index (κ2) is 8.49. The molecule has 152 valence electrons. The number of fused-ring (bicyclic) bond motifs is 3. The molecule has 3 aromatic rings.